The van der Waals surface area contributed by atoms with Gasteiger partial charge < -0.3 is 14.4 Å². The van der Waals surface area contributed by atoms with Gasteiger partial charge in [-0.2, -0.15) is 0 Å². The van der Waals surface area contributed by atoms with Crippen LogP contribution in [0.25, 0.3) is 11.0 Å². The Kier molecular flexibility index (Phi) is 3.21. The maximum absolute atomic E-state index is 12.4. The minimum absolute atomic E-state index is 0.123. The number of likely N-dealkylation sites (tertiary alicyclic amines) is 1. The SMILES string of the molecule is O=C(O)C1CCCN1C(=O)c1cc2ccccc2oc1=O. The Morgan fingerprint density at radius 3 is 2.81 bits per heavy atom. The van der Waals surface area contributed by atoms with E-state index < -0.39 is 23.5 Å². The topological polar surface area (TPSA) is 87.8 Å². The summed E-state index contributed by atoms with van der Waals surface area (Å²) in [6.45, 7) is 0.335. The number of nitrogens with zero attached hydrogens (tertiary/aromatic N) is 1. The van der Waals surface area contributed by atoms with Crippen LogP contribution in [0.5, 0.6) is 0 Å². The Hall–Kier alpha value is -2.63. The van der Waals surface area contributed by atoms with E-state index in [1.165, 1.54) is 11.0 Å². The third-order valence-corrected chi connectivity index (χ3v) is 3.67. The number of hydrogen-bond acceptors (Lipinski definition) is 4. The van der Waals surface area contributed by atoms with Crippen LogP contribution in [-0.4, -0.2) is 34.5 Å². The first-order valence-corrected chi connectivity index (χ1v) is 6.64. The molecular formula is C15H13NO5. The Balaban J connectivity index is 2.03. The van der Waals surface area contributed by atoms with E-state index in [2.05, 4.69) is 0 Å². The number of benzene rings is 1. The highest BCUT2D eigenvalue weighted by Crippen LogP contribution is 2.21. The summed E-state index contributed by atoms with van der Waals surface area (Å²) in [5.74, 6) is -1.63. The molecule has 1 fully saturated rings. The van der Waals surface area contributed by atoms with Crippen molar-refractivity contribution in [3.63, 3.8) is 0 Å². The fourth-order valence-corrected chi connectivity index (χ4v) is 2.63. The highest BCUT2D eigenvalue weighted by Gasteiger charge is 2.35. The van der Waals surface area contributed by atoms with Crippen molar-refractivity contribution in [3.8, 4) is 0 Å². The molecular weight excluding hydrogens is 274 g/mol. The zero-order valence-electron chi connectivity index (χ0n) is 11.1. The molecule has 108 valence electrons. The van der Waals surface area contributed by atoms with Crippen LogP contribution in [0.1, 0.15) is 23.2 Å². The normalized spacial score (nSPS) is 18.1. The molecule has 3 rings (SSSR count). The standard InChI is InChI=1S/C15H13NO5/c17-13(16-7-3-5-11(16)14(18)19)10-8-9-4-1-2-6-12(9)21-15(10)20/h1-2,4,6,8,11H,3,5,7H2,(H,18,19). The van der Waals surface area contributed by atoms with E-state index in [-0.39, 0.29) is 5.56 Å². The van der Waals surface area contributed by atoms with Crippen molar-refractivity contribution in [3.05, 3.63) is 46.3 Å². The number of carbonyl (C=O) groups is 2. The maximum Gasteiger partial charge on any atom is 0.349 e. The lowest BCUT2D eigenvalue weighted by Gasteiger charge is -2.20. The Labute approximate surface area is 119 Å². The number of aliphatic carboxylic acids is 1. The number of para-hydroxylation sites is 1. The summed E-state index contributed by atoms with van der Waals surface area (Å²) in [6.07, 6.45) is 1.02. The van der Waals surface area contributed by atoms with Gasteiger partial charge in [0.15, 0.2) is 0 Å². The van der Waals surface area contributed by atoms with Crippen molar-refractivity contribution in [1.29, 1.82) is 0 Å². The Morgan fingerprint density at radius 1 is 1.29 bits per heavy atom. The molecule has 1 saturated heterocycles. The number of carboxylic acid groups (broad SMARTS) is 1. The van der Waals surface area contributed by atoms with Crippen molar-refractivity contribution in [1.82, 2.24) is 4.90 Å². The fourth-order valence-electron chi connectivity index (χ4n) is 2.63. The number of fused-ring (bicyclic) bond motifs is 1. The average molecular weight is 287 g/mol. The van der Waals surface area contributed by atoms with Crippen LogP contribution in [-0.2, 0) is 4.79 Å². The molecule has 1 aliphatic rings. The third kappa shape index (κ3) is 2.29. The minimum atomic E-state index is -1.05. The van der Waals surface area contributed by atoms with Crippen LogP contribution < -0.4 is 5.63 Å². The molecule has 1 atom stereocenters. The summed E-state index contributed by atoms with van der Waals surface area (Å²) in [4.78, 5) is 36.8. The number of carboxylic acids is 1. The molecule has 0 aliphatic carbocycles. The zero-order valence-corrected chi connectivity index (χ0v) is 11.1. The van der Waals surface area contributed by atoms with Crippen LogP contribution in [0.15, 0.2) is 39.5 Å². The maximum atomic E-state index is 12.4. The lowest BCUT2D eigenvalue weighted by Crippen LogP contribution is -2.41. The lowest BCUT2D eigenvalue weighted by molar-refractivity contribution is -0.141. The molecule has 1 N–H and O–H groups in total. The molecule has 6 heteroatoms. The second kappa shape index (κ2) is 5.05. The largest absolute Gasteiger partial charge is 0.480 e. The predicted octanol–water partition coefficient (Wildman–Crippen LogP) is 1.48. The summed E-state index contributed by atoms with van der Waals surface area (Å²) in [7, 11) is 0. The first-order chi connectivity index (χ1) is 10.1. The zero-order chi connectivity index (χ0) is 15.0. The molecule has 21 heavy (non-hydrogen) atoms. The van der Waals surface area contributed by atoms with Crippen molar-refractivity contribution in [2.75, 3.05) is 6.54 Å². The Bertz CT molecular complexity index is 779. The molecule has 1 aliphatic heterocycles. The van der Waals surface area contributed by atoms with Crippen LogP contribution in [0.3, 0.4) is 0 Å². The lowest BCUT2D eigenvalue weighted by atomic mass is 10.1. The van der Waals surface area contributed by atoms with Crippen LogP contribution >= 0.6 is 0 Å². The second-order valence-electron chi connectivity index (χ2n) is 4.98. The third-order valence-electron chi connectivity index (χ3n) is 3.67. The monoisotopic (exact) mass is 287 g/mol. The van der Waals surface area contributed by atoms with Gasteiger partial charge in [0.1, 0.15) is 17.2 Å². The molecule has 0 spiro atoms. The van der Waals surface area contributed by atoms with Gasteiger partial charge in [0.05, 0.1) is 0 Å². The molecule has 2 heterocycles. The van der Waals surface area contributed by atoms with Gasteiger partial charge >= 0.3 is 11.6 Å². The summed E-state index contributed by atoms with van der Waals surface area (Å²) in [5, 5.41) is 9.76. The predicted molar refractivity (Wildman–Crippen MR) is 74.2 cm³/mol. The second-order valence-corrected chi connectivity index (χ2v) is 4.98. The summed E-state index contributed by atoms with van der Waals surface area (Å²) >= 11 is 0. The molecule has 0 saturated carbocycles. The minimum Gasteiger partial charge on any atom is -0.480 e. The van der Waals surface area contributed by atoms with E-state index in [0.717, 1.165) is 0 Å². The van der Waals surface area contributed by atoms with Gasteiger partial charge in [-0.05, 0) is 25.0 Å². The van der Waals surface area contributed by atoms with E-state index in [1.807, 2.05) is 0 Å². The average Bonchev–Trinajstić information content (AvgIpc) is 2.95. The molecule has 0 bridgehead atoms. The number of amides is 1. The van der Waals surface area contributed by atoms with Gasteiger partial charge in [-0.3, -0.25) is 4.79 Å². The number of rotatable bonds is 2. The highest BCUT2D eigenvalue weighted by molar-refractivity contribution is 5.98. The number of hydrogen-bond donors (Lipinski definition) is 1. The first-order valence-electron chi connectivity index (χ1n) is 6.64. The van der Waals surface area contributed by atoms with Gasteiger partial charge in [0.25, 0.3) is 5.91 Å². The van der Waals surface area contributed by atoms with E-state index in [9.17, 15) is 14.4 Å². The van der Waals surface area contributed by atoms with Crippen molar-refractivity contribution in [2.45, 2.75) is 18.9 Å². The van der Waals surface area contributed by atoms with Gasteiger partial charge in [-0.1, -0.05) is 18.2 Å². The van der Waals surface area contributed by atoms with Gasteiger partial charge in [0, 0.05) is 11.9 Å². The molecule has 1 aromatic carbocycles. The Morgan fingerprint density at radius 2 is 2.05 bits per heavy atom. The van der Waals surface area contributed by atoms with Crippen LogP contribution in [0.4, 0.5) is 0 Å². The van der Waals surface area contributed by atoms with Crippen molar-refractivity contribution < 1.29 is 19.1 Å². The van der Waals surface area contributed by atoms with Gasteiger partial charge in [0.2, 0.25) is 0 Å². The first kappa shape index (κ1) is 13.4. The van der Waals surface area contributed by atoms with E-state index in [0.29, 0.717) is 30.4 Å². The quantitative estimate of drug-likeness (QED) is 0.845. The smallest absolute Gasteiger partial charge is 0.349 e. The summed E-state index contributed by atoms with van der Waals surface area (Å²) in [5.41, 5.74) is -0.466. The molecule has 1 amide bonds. The van der Waals surface area contributed by atoms with Crippen molar-refractivity contribution in [2.24, 2.45) is 0 Å². The number of carbonyl (C=O) groups excluding carboxylic acids is 1. The summed E-state index contributed by atoms with van der Waals surface area (Å²) < 4.78 is 5.12. The van der Waals surface area contributed by atoms with Crippen LogP contribution in [0.2, 0.25) is 0 Å². The van der Waals surface area contributed by atoms with Crippen LogP contribution in [0, 0.1) is 0 Å². The molecule has 1 aromatic heterocycles. The highest BCUT2D eigenvalue weighted by atomic mass is 16.4. The van der Waals surface area contributed by atoms with E-state index >= 15 is 0 Å². The summed E-state index contributed by atoms with van der Waals surface area (Å²) in [6, 6.07) is 7.46. The van der Waals surface area contributed by atoms with Crippen molar-refractivity contribution >= 4 is 22.8 Å². The molecule has 0 radical (unpaired) electrons. The fraction of sp³-hybridized carbons (Fsp3) is 0.267. The van der Waals surface area contributed by atoms with E-state index in [1.54, 1.807) is 24.3 Å². The van der Waals surface area contributed by atoms with Gasteiger partial charge in [-0.15, -0.1) is 0 Å². The van der Waals surface area contributed by atoms with Gasteiger partial charge in [-0.25, -0.2) is 9.59 Å². The molecule has 2 aromatic rings. The molecule has 6 nitrogen and oxygen atoms in total. The molecule has 1 unspecified atom stereocenters. The van der Waals surface area contributed by atoms with E-state index in [4.69, 9.17) is 9.52 Å².